The van der Waals surface area contributed by atoms with Gasteiger partial charge in [0.15, 0.2) is 0 Å². The molecule has 0 radical (unpaired) electrons. The first-order valence-corrected chi connectivity index (χ1v) is 10.1. The number of aryl methyl sites for hydroxylation is 1. The Hall–Kier alpha value is -2.57. The van der Waals surface area contributed by atoms with Crippen molar-refractivity contribution in [2.24, 2.45) is 13.0 Å². The Bertz CT molecular complexity index is 1020. The molecular formula is C23H31N3O3. The molecule has 6 heteroatoms. The summed E-state index contributed by atoms with van der Waals surface area (Å²) >= 11 is 0. The highest BCUT2D eigenvalue weighted by molar-refractivity contribution is 5.71. The Morgan fingerprint density at radius 2 is 2.07 bits per heavy atom. The van der Waals surface area contributed by atoms with Crippen molar-refractivity contribution < 1.29 is 9.57 Å². The maximum atomic E-state index is 12.7. The van der Waals surface area contributed by atoms with E-state index in [-0.39, 0.29) is 5.56 Å². The highest BCUT2D eigenvalue weighted by Gasteiger charge is 2.23. The molecule has 1 aliphatic carbocycles. The van der Waals surface area contributed by atoms with E-state index in [4.69, 9.17) is 9.57 Å². The molecule has 0 atom stereocenters. The van der Waals surface area contributed by atoms with Crippen LogP contribution >= 0.6 is 0 Å². The Kier molecular flexibility index (Phi) is 6.77. The van der Waals surface area contributed by atoms with Crippen LogP contribution in [0.3, 0.4) is 0 Å². The van der Waals surface area contributed by atoms with E-state index in [9.17, 15) is 4.79 Å². The molecule has 1 heterocycles. The summed E-state index contributed by atoms with van der Waals surface area (Å²) in [4.78, 5) is 20.0. The zero-order valence-electron chi connectivity index (χ0n) is 17.8. The van der Waals surface area contributed by atoms with Crippen LogP contribution < -0.4 is 26.2 Å². The maximum absolute atomic E-state index is 12.7. The minimum atomic E-state index is -0.0699. The summed E-state index contributed by atoms with van der Waals surface area (Å²) in [5.41, 5.74) is 5.64. The van der Waals surface area contributed by atoms with Crippen LogP contribution in [0.1, 0.15) is 25.3 Å². The second-order valence-corrected chi connectivity index (χ2v) is 7.82. The molecule has 1 aliphatic rings. The van der Waals surface area contributed by atoms with E-state index in [0.717, 1.165) is 35.6 Å². The molecule has 29 heavy (non-hydrogen) atoms. The number of hydrogen-bond acceptors (Lipinski definition) is 5. The topological polar surface area (TPSA) is 55.7 Å². The number of hydrogen-bond donors (Lipinski definition) is 1. The van der Waals surface area contributed by atoms with Crippen molar-refractivity contribution in [2.75, 3.05) is 27.2 Å². The van der Waals surface area contributed by atoms with Crippen LogP contribution in [0.15, 0.2) is 29.2 Å². The fourth-order valence-corrected chi connectivity index (χ4v) is 3.15. The van der Waals surface area contributed by atoms with E-state index in [1.807, 2.05) is 50.4 Å². The third kappa shape index (κ3) is 5.28. The molecule has 1 aromatic carbocycles. The highest BCUT2D eigenvalue weighted by atomic mass is 16.6. The Balaban J connectivity index is 2.11. The summed E-state index contributed by atoms with van der Waals surface area (Å²) < 4.78 is 7.75. The lowest BCUT2D eigenvalue weighted by molar-refractivity contribution is 0.0314. The van der Waals surface area contributed by atoms with Crippen molar-refractivity contribution in [3.63, 3.8) is 0 Å². The fraction of sp³-hybridized carbons (Fsp3) is 0.435. The van der Waals surface area contributed by atoms with Crippen molar-refractivity contribution in [3.8, 4) is 16.9 Å². The summed E-state index contributed by atoms with van der Waals surface area (Å²) in [6.45, 7) is 8.12. The van der Waals surface area contributed by atoms with Gasteiger partial charge >= 0.3 is 0 Å². The van der Waals surface area contributed by atoms with Crippen LogP contribution in [0, 0.1) is 5.92 Å². The average Bonchev–Trinajstić information content (AvgIpc) is 3.51. The molecule has 1 N–H and O–H groups in total. The van der Waals surface area contributed by atoms with Crippen molar-refractivity contribution in [2.45, 2.75) is 26.4 Å². The van der Waals surface area contributed by atoms with E-state index >= 15 is 0 Å². The van der Waals surface area contributed by atoms with Gasteiger partial charge in [-0.05, 0) is 41.7 Å². The number of nitrogens with one attached hydrogen (secondary N) is 1. The Morgan fingerprint density at radius 3 is 2.72 bits per heavy atom. The van der Waals surface area contributed by atoms with Crippen molar-refractivity contribution >= 4 is 12.8 Å². The van der Waals surface area contributed by atoms with E-state index in [1.54, 1.807) is 11.6 Å². The zero-order valence-corrected chi connectivity index (χ0v) is 17.8. The molecule has 156 valence electrons. The van der Waals surface area contributed by atoms with Gasteiger partial charge in [0.25, 0.3) is 5.56 Å². The Labute approximate surface area is 172 Å². The van der Waals surface area contributed by atoms with Crippen LogP contribution in [0.25, 0.3) is 23.9 Å². The van der Waals surface area contributed by atoms with Gasteiger partial charge in [-0.25, -0.2) is 5.48 Å². The van der Waals surface area contributed by atoms with Gasteiger partial charge in [0.1, 0.15) is 5.75 Å². The van der Waals surface area contributed by atoms with E-state index in [1.165, 1.54) is 12.8 Å². The molecule has 0 unspecified atom stereocenters. The molecule has 1 aromatic heterocycles. The predicted molar refractivity (Wildman–Crippen MR) is 117 cm³/mol. The first kappa shape index (κ1) is 21.1. The third-order valence-corrected chi connectivity index (χ3v) is 4.90. The number of benzene rings is 1. The number of rotatable bonds is 9. The first-order valence-electron chi connectivity index (χ1n) is 10.1. The monoisotopic (exact) mass is 397 g/mol. The minimum absolute atomic E-state index is 0.0699. The molecule has 0 saturated heterocycles. The van der Waals surface area contributed by atoms with Crippen LogP contribution in [-0.4, -0.2) is 36.7 Å². The van der Waals surface area contributed by atoms with Gasteiger partial charge in [-0.3, -0.25) is 9.63 Å². The number of ether oxygens (including phenoxy) is 1. The molecule has 2 aromatic rings. The molecule has 0 bridgehead atoms. The summed E-state index contributed by atoms with van der Waals surface area (Å²) in [6.07, 6.45) is 6.11. The van der Waals surface area contributed by atoms with Gasteiger partial charge < -0.3 is 14.2 Å². The molecule has 3 rings (SSSR count). The molecular weight excluding hydrogens is 366 g/mol. The molecule has 0 spiro atoms. The molecule has 1 saturated carbocycles. The largest absolute Gasteiger partial charge is 0.493 e. The van der Waals surface area contributed by atoms with Gasteiger partial charge in [-0.1, -0.05) is 19.6 Å². The summed E-state index contributed by atoms with van der Waals surface area (Å²) in [7, 11) is 5.56. The fourth-order valence-electron chi connectivity index (χ4n) is 3.15. The van der Waals surface area contributed by atoms with Crippen LogP contribution in [0.5, 0.6) is 5.75 Å². The first-order chi connectivity index (χ1) is 13.9. The molecule has 1 fully saturated rings. The van der Waals surface area contributed by atoms with Crippen molar-refractivity contribution in [1.29, 1.82) is 0 Å². The zero-order chi connectivity index (χ0) is 21.0. The number of nitrogens with zero attached hydrogens (tertiary/aromatic N) is 2. The minimum Gasteiger partial charge on any atom is -0.493 e. The number of hydroxylamine groups is 1. The third-order valence-electron chi connectivity index (χ3n) is 4.90. The molecule has 0 aliphatic heterocycles. The summed E-state index contributed by atoms with van der Waals surface area (Å²) in [6, 6.07) is 6.07. The molecule has 6 nitrogen and oxygen atoms in total. The lowest BCUT2D eigenvalue weighted by Gasteiger charge is -2.15. The van der Waals surface area contributed by atoms with Crippen LogP contribution in [0.2, 0.25) is 0 Å². The summed E-state index contributed by atoms with van der Waals surface area (Å²) in [5, 5.41) is 1.28. The number of aromatic nitrogens is 1. The van der Waals surface area contributed by atoms with Crippen LogP contribution in [0.4, 0.5) is 0 Å². The van der Waals surface area contributed by atoms with Crippen molar-refractivity contribution in [3.05, 3.63) is 50.8 Å². The lowest BCUT2D eigenvalue weighted by atomic mass is 10.0. The van der Waals surface area contributed by atoms with Crippen LogP contribution in [-0.2, 0) is 18.5 Å². The van der Waals surface area contributed by atoms with E-state index < -0.39 is 0 Å². The predicted octanol–water partition coefficient (Wildman–Crippen LogP) is 1.59. The van der Waals surface area contributed by atoms with Gasteiger partial charge in [0, 0.05) is 51.2 Å². The van der Waals surface area contributed by atoms with Gasteiger partial charge in [-0.15, -0.1) is 0 Å². The quantitative estimate of drug-likeness (QED) is 0.515. The molecule has 0 amide bonds. The highest BCUT2D eigenvalue weighted by Crippen LogP contribution is 2.33. The van der Waals surface area contributed by atoms with Gasteiger partial charge in [0.05, 0.1) is 18.4 Å². The summed E-state index contributed by atoms with van der Waals surface area (Å²) in [5.74, 6) is 1.46. The Morgan fingerprint density at radius 1 is 1.31 bits per heavy atom. The van der Waals surface area contributed by atoms with E-state index in [0.29, 0.717) is 23.0 Å². The van der Waals surface area contributed by atoms with Gasteiger partial charge in [0.2, 0.25) is 0 Å². The SMILES string of the molecule is C=c1c(-c2cc(CONCC)ccc2OCC2CC2)cn(C)c(=O)/c1=C/N(C)C. The smallest absolute Gasteiger partial charge is 0.259 e. The normalized spacial score (nSPS) is 14.3. The second kappa shape index (κ2) is 9.29. The van der Waals surface area contributed by atoms with Gasteiger partial charge in [-0.2, -0.15) is 0 Å². The average molecular weight is 398 g/mol. The number of pyridine rings is 1. The standard InChI is InChI=1S/C23H31N3O3/c1-6-24-29-15-18-9-10-22(28-14-17-7-8-17)19(11-18)20-13-26(5)23(27)21(16(20)2)12-25(3)4/h9-13,17,24H,2,6-8,14-15H2,1,3-5H3/b21-12+. The lowest BCUT2D eigenvalue weighted by Crippen LogP contribution is -2.45. The van der Waals surface area contributed by atoms with E-state index in [2.05, 4.69) is 18.1 Å². The van der Waals surface area contributed by atoms with Crippen molar-refractivity contribution in [1.82, 2.24) is 14.9 Å². The maximum Gasteiger partial charge on any atom is 0.259 e. The second-order valence-electron chi connectivity index (χ2n) is 7.82.